The third kappa shape index (κ3) is 4.76. The van der Waals surface area contributed by atoms with Gasteiger partial charge >= 0.3 is 18.0 Å². The number of rotatable bonds is 7. The van der Waals surface area contributed by atoms with E-state index in [4.69, 9.17) is 14.6 Å². The number of benzene rings is 1. The van der Waals surface area contributed by atoms with Crippen LogP contribution in [0.15, 0.2) is 22.3 Å². The standard InChI is InChI=1S/C16H15BrN2O8/c1-25-11-4-8(9(17)5-12(11)27-7-13(20)21)3-10-15(23)19(16(24)18-10)6-14(22)26-2/h3-5H,6-7H2,1-2H3,(H,18,24)(H,20,21)/b10-3+. The van der Waals surface area contributed by atoms with E-state index in [-0.39, 0.29) is 17.2 Å². The first kappa shape index (κ1) is 20.2. The van der Waals surface area contributed by atoms with Gasteiger partial charge in [-0.15, -0.1) is 0 Å². The van der Waals surface area contributed by atoms with E-state index >= 15 is 0 Å². The van der Waals surface area contributed by atoms with Gasteiger partial charge in [-0.25, -0.2) is 14.5 Å². The minimum atomic E-state index is -1.15. The monoisotopic (exact) mass is 442 g/mol. The summed E-state index contributed by atoms with van der Waals surface area (Å²) in [4.78, 5) is 46.9. The summed E-state index contributed by atoms with van der Waals surface area (Å²) in [7, 11) is 2.52. The summed E-state index contributed by atoms with van der Waals surface area (Å²) >= 11 is 3.29. The number of nitrogens with one attached hydrogen (secondary N) is 1. The molecule has 0 atom stereocenters. The zero-order valence-electron chi connectivity index (χ0n) is 14.3. The molecule has 1 aliphatic rings. The Labute approximate surface area is 161 Å². The molecule has 144 valence electrons. The average molecular weight is 443 g/mol. The van der Waals surface area contributed by atoms with E-state index in [9.17, 15) is 19.2 Å². The van der Waals surface area contributed by atoms with Crippen molar-refractivity contribution in [2.75, 3.05) is 27.4 Å². The fraction of sp³-hybridized carbons (Fsp3) is 0.250. The van der Waals surface area contributed by atoms with Crippen LogP contribution < -0.4 is 14.8 Å². The van der Waals surface area contributed by atoms with Crippen molar-refractivity contribution in [3.63, 3.8) is 0 Å². The maximum absolute atomic E-state index is 12.3. The Morgan fingerprint density at radius 3 is 2.56 bits per heavy atom. The summed E-state index contributed by atoms with van der Waals surface area (Å²) in [5.74, 6) is -2.16. The molecule has 1 saturated heterocycles. The van der Waals surface area contributed by atoms with Gasteiger partial charge in [-0.1, -0.05) is 15.9 Å². The number of hydrogen-bond acceptors (Lipinski definition) is 7. The molecule has 11 heteroatoms. The summed E-state index contributed by atoms with van der Waals surface area (Å²) < 4.78 is 15.2. The number of carboxylic acids is 1. The summed E-state index contributed by atoms with van der Waals surface area (Å²) in [6.07, 6.45) is 1.38. The Bertz CT molecular complexity index is 836. The molecular weight excluding hydrogens is 428 g/mol. The summed E-state index contributed by atoms with van der Waals surface area (Å²) in [5, 5.41) is 11.1. The van der Waals surface area contributed by atoms with Crippen LogP contribution in [0.1, 0.15) is 5.56 Å². The van der Waals surface area contributed by atoms with Crippen molar-refractivity contribution >= 4 is 45.9 Å². The van der Waals surface area contributed by atoms with Gasteiger partial charge in [0.25, 0.3) is 5.91 Å². The second-order valence-corrected chi connectivity index (χ2v) is 6.02. The summed E-state index contributed by atoms with van der Waals surface area (Å²) in [6, 6.07) is 2.22. The second-order valence-electron chi connectivity index (χ2n) is 5.16. The highest BCUT2D eigenvalue weighted by atomic mass is 79.9. The summed E-state index contributed by atoms with van der Waals surface area (Å²) in [6.45, 7) is -1.06. The molecule has 1 aliphatic heterocycles. The molecule has 1 aromatic rings. The number of aliphatic carboxylic acids is 1. The van der Waals surface area contributed by atoms with Crippen molar-refractivity contribution in [3.8, 4) is 11.5 Å². The van der Waals surface area contributed by atoms with Gasteiger partial charge in [0.1, 0.15) is 12.2 Å². The number of ether oxygens (including phenoxy) is 3. The van der Waals surface area contributed by atoms with Crippen LogP contribution in [0.5, 0.6) is 11.5 Å². The van der Waals surface area contributed by atoms with E-state index in [1.165, 1.54) is 25.3 Å². The molecule has 0 bridgehead atoms. The van der Waals surface area contributed by atoms with E-state index in [0.29, 0.717) is 14.9 Å². The minimum absolute atomic E-state index is 0.0501. The van der Waals surface area contributed by atoms with Gasteiger partial charge in [-0.05, 0) is 23.8 Å². The molecule has 2 N–H and O–H groups in total. The van der Waals surface area contributed by atoms with E-state index in [2.05, 4.69) is 26.0 Å². The molecule has 1 fully saturated rings. The SMILES string of the molecule is COC(=O)CN1C(=O)N/C(=C/c2cc(OC)c(OCC(=O)O)cc2Br)C1=O. The molecule has 0 spiro atoms. The predicted molar refractivity (Wildman–Crippen MR) is 94.1 cm³/mol. The largest absolute Gasteiger partial charge is 0.493 e. The highest BCUT2D eigenvalue weighted by Gasteiger charge is 2.35. The molecule has 2 rings (SSSR count). The quantitative estimate of drug-likeness (QED) is 0.362. The van der Waals surface area contributed by atoms with Crippen LogP contribution in [0, 0.1) is 0 Å². The zero-order chi connectivity index (χ0) is 20.1. The molecule has 1 heterocycles. The van der Waals surface area contributed by atoms with Crippen molar-refractivity contribution in [1.29, 1.82) is 0 Å². The van der Waals surface area contributed by atoms with Gasteiger partial charge in [0, 0.05) is 4.47 Å². The van der Waals surface area contributed by atoms with Crippen LogP contribution in [0.25, 0.3) is 6.08 Å². The molecule has 0 aliphatic carbocycles. The second kappa shape index (κ2) is 8.54. The Kier molecular flexibility index (Phi) is 6.40. The number of amides is 3. The lowest BCUT2D eigenvalue weighted by Gasteiger charge is -2.12. The Morgan fingerprint density at radius 2 is 1.96 bits per heavy atom. The lowest BCUT2D eigenvalue weighted by atomic mass is 10.1. The maximum atomic E-state index is 12.3. The predicted octanol–water partition coefficient (Wildman–Crippen LogP) is 0.987. The van der Waals surface area contributed by atoms with Crippen molar-refractivity contribution in [3.05, 3.63) is 27.9 Å². The van der Waals surface area contributed by atoms with Gasteiger partial charge in [-0.2, -0.15) is 0 Å². The number of imide groups is 1. The van der Waals surface area contributed by atoms with Crippen molar-refractivity contribution in [2.45, 2.75) is 0 Å². The number of esters is 1. The molecule has 1 aromatic carbocycles. The van der Waals surface area contributed by atoms with Crippen molar-refractivity contribution < 1.29 is 38.5 Å². The topological polar surface area (TPSA) is 131 Å². The van der Waals surface area contributed by atoms with Crippen molar-refractivity contribution in [1.82, 2.24) is 10.2 Å². The Hall–Kier alpha value is -3.08. The first-order valence-electron chi connectivity index (χ1n) is 7.40. The van der Waals surface area contributed by atoms with E-state index in [0.717, 1.165) is 7.11 Å². The van der Waals surface area contributed by atoms with E-state index in [1.807, 2.05) is 0 Å². The Balaban J connectivity index is 2.30. The molecule has 0 saturated carbocycles. The highest BCUT2D eigenvalue weighted by molar-refractivity contribution is 9.10. The highest BCUT2D eigenvalue weighted by Crippen LogP contribution is 2.34. The van der Waals surface area contributed by atoms with Gasteiger partial charge in [0.05, 0.1) is 14.2 Å². The van der Waals surface area contributed by atoms with Gasteiger partial charge in [0.2, 0.25) is 0 Å². The van der Waals surface area contributed by atoms with Gasteiger partial charge < -0.3 is 24.6 Å². The lowest BCUT2D eigenvalue weighted by molar-refractivity contribution is -0.143. The van der Waals surface area contributed by atoms with Crippen LogP contribution in [0.3, 0.4) is 0 Å². The van der Waals surface area contributed by atoms with E-state index in [1.54, 1.807) is 0 Å². The molecule has 10 nitrogen and oxygen atoms in total. The molecular formula is C16H15BrN2O8. The maximum Gasteiger partial charge on any atom is 0.341 e. The fourth-order valence-electron chi connectivity index (χ4n) is 2.14. The first-order chi connectivity index (χ1) is 12.8. The summed E-state index contributed by atoms with van der Waals surface area (Å²) in [5.41, 5.74) is 0.406. The number of carbonyl (C=O) groups excluding carboxylic acids is 3. The fourth-order valence-corrected chi connectivity index (χ4v) is 2.57. The molecule has 27 heavy (non-hydrogen) atoms. The first-order valence-corrected chi connectivity index (χ1v) is 8.19. The molecule has 3 amide bonds. The molecule has 0 unspecified atom stereocenters. The third-order valence-electron chi connectivity index (χ3n) is 3.41. The minimum Gasteiger partial charge on any atom is -0.493 e. The normalized spacial score (nSPS) is 14.9. The Morgan fingerprint density at radius 1 is 1.26 bits per heavy atom. The molecule has 0 radical (unpaired) electrons. The lowest BCUT2D eigenvalue weighted by Crippen LogP contribution is -2.36. The van der Waals surface area contributed by atoms with Gasteiger partial charge in [-0.3, -0.25) is 9.59 Å². The number of carboxylic acid groups (broad SMARTS) is 1. The van der Waals surface area contributed by atoms with Gasteiger partial charge in [0.15, 0.2) is 18.1 Å². The van der Waals surface area contributed by atoms with Crippen molar-refractivity contribution in [2.24, 2.45) is 0 Å². The average Bonchev–Trinajstić information content (AvgIpc) is 2.88. The number of carbonyl (C=O) groups is 4. The molecule has 0 aromatic heterocycles. The van der Waals surface area contributed by atoms with E-state index < -0.39 is 37.0 Å². The smallest absolute Gasteiger partial charge is 0.341 e. The van der Waals surface area contributed by atoms with Crippen LogP contribution in [0.4, 0.5) is 4.79 Å². The number of methoxy groups -OCH3 is 2. The van der Waals surface area contributed by atoms with Crippen LogP contribution in [-0.2, 0) is 19.1 Å². The van der Waals surface area contributed by atoms with Crippen LogP contribution in [-0.4, -0.2) is 61.3 Å². The van der Waals surface area contributed by atoms with Crippen LogP contribution in [0.2, 0.25) is 0 Å². The third-order valence-corrected chi connectivity index (χ3v) is 4.10. The number of urea groups is 1. The number of halogens is 1. The number of nitrogens with zero attached hydrogens (tertiary/aromatic N) is 1. The van der Waals surface area contributed by atoms with Crippen LogP contribution >= 0.6 is 15.9 Å². The zero-order valence-corrected chi connectivity index (χ0v) is 15.9. The number of hydrogen-bond donors (Lipinski definition) is 2.